The first-order valence-corrected chi connectivity index (χ1v) is 22.7. The number of ether oxygens (including phenoxy) is 9. The van der Waals surface area contributed by atoms with Gasteiger partial charge in [0.1, 0.15) is 91.5 Å². The van der Waals surface area contributed by atoms with Crippen LogP contribution >= 0.6 is 0 Å². The van der Waals surface area contributed by atoms with Crippen LogP contribution in [0.15, 0.2) is 0 Å². The second kappa shape index (κ2) is 27.2. The first-order chi connectivity index (χ1) is 32.7. The van der Waals surface area contributed by atoms with Crippen molar-refractivity contribution in [1.29, 1.82) is 0 Å². The zero-order valence-electron chi connectivity index (χ0n) is 38.4. The topological polar surface area (TPSA) is 438 Å². The molecule has 0 bridgehead atoms. The van der Waals surface area contributed by atoms with E-state index in [-0.39, 0.29) is 19.0 Å². The van der Waals surface area contributed by atoms with Gasteiger partial charge in [0.15, 0.2) is 18.9 Å². The molecule has 4 aliphatic rings. The number of amides is 2. The largest absolute Gasteiger partial charge is 0.477 e. The standard InChI is InChI=1S/C41H70N2O26/c1-17(48)42-25-19(50)12-41(40(59)60,68-34(25)27(53)20(51)13-44)69-36-29(55)22(15-46)64-39(32(36)58)67-35-26(43-18(2)49)37(62-11-9-7-5-4-6-8-10-24(52)61-3)65-23(16-47)33(35)66-38-31(57)30(56)28(54)21(14-45)63-38/h19-23,25-39,44-47,50-51,53-58H,4-16H2,1-3H3,(H,42,48)(H,43,49)(H,59,60)/t19?,20?,21?,22?,23?,25-,26?,27?,28+,29+,30?,31?,32?,33?,34?,35-,36?,37?,38+,39?,41+/m1/s1. The van der Waals surface area contributed by atoms with E-state index in [0.717, 1.165) is 33.1 Å². The van der Waals surface area contributed by atoms with Gasteiger partial charge in [-0.05, 0) is 12.8 Å². The fourth-order valence-corrected chi connectivity index (χ4v) is 8.55. The van der Waals surface area contributed by atoms with Gasteiger partial charge in [-0.15, -0.1) is 0 Å². The fourth-order valence-electron chi connectivity index (χ4n) is 8.55. The third-order valence-corrected chi connectivity index (χ3v) is 12.2. The maximum absolute atomic E-state index is 13.1. The number of esters is 1. The predicted molar refractivity (Wildman–Crippen MR) is 222 cm³/mol. The molecule has 400 valence electrons. The molecule has 4 saturated heterocycles. The van der Waals surface area contributed by atoms with Gasteiger partial charge < -0.3 is 120 Å². The number of carboxylic acids is 1. The second-order valence-corrected chi connectivity index (χ2v) is 17.3. The minimum absolute atomic E-state index is 0.0137. The summed E-state index contributed by atoms with van der Waals surface area (Å²) in [7, 11) is 1.31. The third kappa shape index (κ3) is 14.8. The summed E-state index contributed by atoms with van der Waals surface area (Å²) in [5.41, 5.74) is 0. The maximum atomic E-state index is 13.1. The predicted octanol–water partition coefficient (Wildman–Crippen LogP) is -7.33. The Morgan fingerprint density at radius 3 is 1.75 bits per heavy atom. The van der Waals surface area contributed by atoms with Gasteiger partial charge in [-0.2, -0.15) is 0 Å². The molecule has 0 aromatic rings. The van der Waals surface area contributed by atoms with Crippen LogP contribution in [0.1, 0.15) is 65.2 Å². The van der Waals surface area contributed by atoms with Crippen molar-refractivity contribution in [3.63, 3.8) is 0 Å². The van der Waals surface area contributed by atoms with Gasteiger partial charge in [-0.25, -0.2) is 4.79 Å². The molecule has 21 atom stereocenters. The van der Waals surface area contributed by atoms with E-state index >= 15 is 0 Å². The molecule has 0 spiro atoms. The van der Waals surface area contributed by atoms with E-state index in [1.807, 2.05) is 0 Å². The average Bonchev–Trinajstić information content (AvgIpc) is 3.31. The number of unbranched alkanes of at least 4 members (excludes halogenated alkanes) is 5. The van der Waals surface area contributed by atoms with E-state index in [1.165, 1.54) is 7.11 Å². The molecule has 0 saturated carbocycles. The molecular formula is C41H70N2O26. The highest BCUT2D eigenvalue weighted by Gasteiger charge is 2.61. The zero-order chi connectivity index (χ0) is 51.3. The average molecular weight is 1010 g/mol. The molecule has 0 radical (unpaired) electrons. The number of aliphatic hydroxyl groups is 12. The van der Waals surface area contributed by atoms with Gasteiger partial charge in [0, 0.05) is 33.3 Å². The Kier molecular flexibility index (Phi) is 23.1. The molecular weight excluding hydrogens is 936 g/mol. The summed E-state index contributed by atoms with van der Waals surface area (Å²) in [6.45, 7) is -1.87. The van der Waals surface area contributed by atoms with Crippen LogP contribution in [0.5, 0.6) is 0 Å². The summed E-state index contributed by atoms with van der Waals surface area (Å²) >= 11 is 0. The highest BCUT2D eigenvalue weighted by atomic mass is 16.8. The third-order valence-electron chi connectivity index (χ3n) is 12.2. The van der Waals surface area contributed by atoms with Crippen LogP contribution in [0.2, 0.25) is 0 Å². The second-order valence-electron chi connectivity index (χ2n) is 17.3. The van der Waals surface area contributed by atoms with Gasteiger partial charge >= 0.3 is 11.9 Å². The SMILES string of the molecule is COC(=O)CCCCCCCCOC1OC(CO)C(O[C@@H]2OC(CO)[C@H](O)C(O)C2O)[C@H](OC2OC(CO)[C@H](O)C(O[C@]3(C(=O)O)CC(O)[C@@H](NC(C)=O)C(C(O)C(O)CO)O3)C2O)C1NC(C)=O. The number of carbonyl (C=O) groups is 4. The summed E-state index contributed by atoms with van der Waals surface area (Å²) in [5, 5.41) is 144. The molecule has 28 nitrogen and oxygen atoms in total. The van der Waals surface area contributed by atoms with Crippen molar-refractivity contribution < 1.29 is 128 Å². The molecule has 4 rings (SSSR count). The van der Waals surface area contributed by atoms with Crippen molar-refractivity contribution in [2.24, 2.45) is 0 Å². The number of methoxy groups -OCH3 is 1. The highest BCUT2D eigenvalue weighted by molar-refractivity contribution is 5.77. The Morgan fingerprint density at radius 2 is 1.19 bits per heavy atom. The lowest BCUT2D eigenvalue weighted by Crippen LogP contribution is -2.71. The number of hydrogen-bond donors (Lipinski definition) is 15. The molecule has 15 unspecified atom stereocenters. The monoisotopic (exact) mass is 1010 g/mol. The van der Waals surface area contributed by atoms with Crippen molar-refractivity contribution in [3.05, 3.63) is 0 Å². The van der Waals surface area contributed by atoms with E-state index in [2.05, 4.69) is 15.4 Å². The molecule has 4 aliphatic heterocycles. The lowest BCUT2D eigenvalue weighted by atomic mass is 9.88. The van der Waals surface area contributed by atoms with Crippen LogP contribution in [0.4, 0.5) is 0 Å². The number of hydrogen-bond acceptors (Lipinski definition) is 25. The molecule has 15 N–H and O–H groups in total. The van der Waals surface area contributed by atoms with Gasteiger partial charge in [-0.1, -0.05) is 25.7 Å². The molecule has 4 fully saturated rings. The molecule has 69 heavy (non-hydrogen) atoms. The van der Waals surface area contributed by atoms with E-state index < -0.39 is 179 Å². The molecule has 4 heterocycles. The fraction of sp³-hybridized carbons (Fsp3) is 0.902. The van der Waals surface area contributed by atoms with Gasteiger partial charge in [-0.3, -0.25) is 14.4 Å². The number of nitrogens with one attached hydrogen (secondary N) is 2. The van der Waals surface area contributed by atoms with Crippen LogP contribution < -0.4 is 10.6 Å². The smallest absolute Gasteiger partial charge is 0.364 e. The summed E-state index contributed by atoms with van der Waals surface area (Å²) < 4.78 is 51.9. The number of aliphatic carboxylic acids is 1. The summed E-state index contributed by atoms with van der Waals surface area (Å²) in [5.74, 6) is -7.03. The quantitative estimate of drug-likeness (QED) is 0.0298. The van der Waals surface area contributed by atoms with Crippen LogP contribution in [-0.4, -0.2) is 259 Å². The van der Waals surface area contributed by atoms with Gasteiger partial charge in [0.05, 0.1) is 45.7 Å². The maximum Gasteiger partial charge on any atom is 0.364 e. The van der Waals surface area contributed by atoms with Crippen molar-refractivity contribution >= 4 is 23.8 Å². The Hall–Kier alpha value is -2.92. The zero-order valence-corrected chi connectivity index (χ0v) is 38.4. The lowest BCUT2D eigenvalue weighted by molar-refractivity contribution is -0.391. The van der Waals surface area contributed by atoms with Crippen LogP contribution in [0.3, 0.4) is 0 Å². The molecule has 0 aliphatic carbocycles. The minimum Gasteiger partial charge on any atom is -0.477 e. The Labute approximate surface area is 395 Å². The summed E-state index contributed by atoms with van der Waals surface area (Å²) in [6, 6.07) is -3.15. The van der Waals surface area contributed by atoms with E-state index in [0.29, 0.717) is 19.3 Å². The highest BCUT2D eigenvalue weighted by Crippen LogP contribution is 2.39. The van der Waals surface area contributed by atoms with Gasteiger partial charge in [0.2, 0.25) is 11.8 Å². The lowest BCUT2D eigenvalue weighted by Gasteiger charge is -2.51. The Balaban J connectivity index is 1.70. The van der Waals surface area contributed by atoms with Crippen molar-refractivity contribution in [3.8, 4) is 0 Å². The number of carboxylic acid groups (broad SMARTS) is 1. The van der Waals surface area contributed by atoms with Crippen LogP contribution in [0.25, 0.3) is 0 Å². The van der Waals surface area contributed by atoms with Crippen molar-refractivity contribution in [2.75, 3.05) is 40.1 Å². The van der Waals surface area contributed by atoms with E-state index in [4.69, 9.17) is 37.9 Å². The van der Waals surface area contributed by atoms with Gasteiger partial charge in [0.25, 0.3) is 5.79 Å². The van der Waals surface area contributed by atoms with Crippen LogP contribution in [-0.2, 0) is 61.8 Å². The molecule has 0 aromatic carbocycles. The molecule has 28 heteroatoms. The van der Waals surface area contributed by atoms with Crippen LogP contribution in [0, 0.1) is 0 Å². The normalized spacial score (nSPS) is 39.2. The minimum atomic E-state index is -3.15. The first kappa shape index (κ1) is 58.6. The van der Waals surface area contributed by atoms with Crippen molar-refractivity contribution in [2.45, 2.75) is 194 Å². The molecule has 2 amide bonds. The number of rotatable bonds is 25. The number of aliphatic hydroxyl groups excluding tert-OH is 12. The molecule has 0 aromatic heterocycles. The van der Waals surface area contributed by atoms with Crippen molar-refractivity contribution in [1.82, 2.24) is 10.6 Å². The first-order valence-electron chi connectivity index (χ1n) is 22.7. The summed E-state index contributed by atoms with van der Waals surface area (Å²) in [4.78, 5) is 49.4. The number of carbonyl (C=O) groups excluding carboxylic acids is 3. The van der Waals surface area contributed by atoms with E-state index in [1.54, 1.807) is 0 Å². The Morgan fingerprint density at radius 1 is 0.652 bits per heavy atom. The summed E-state index contributed by atoms with van der Waals surface area (Å²) in [6.07, 6.45) is -31.6. The van der Waals surface area contributed by atoms with E-state index in [9.17, 15) is 85.6 Å². The Bertz CT molecular complexity index is 1620.